The Labute approximate surface area is 98.1 Å². The molecule has 0 amide bonds. The van der Waals surface area contributed by atoms with Gasteiger partial charge in [-0.2, -0.15) is 0 Å². The molecule has 0 aliphatic heterocycles. The van der Waals surface area contributed by atoms with E-state index in [2.05, 4.69) is 10.3 Å². The number of aromatic nitrogens is 2. The first-order valence-electron chi connectivity index (χ1n) is 5.28. The van der Waals surface area contributed by atoms with Crippen LogP contribution in [-0.4, -0.2) is 16.6 Å². The molecule has 1 heterocycles. The van der Waals surface area contributed by atoms with Crippen LogP contribution in [-0.2, 0) is 13.1 Å². The molecular weight excluding hydrogens is 224 g/mol. The zero-order valence-electron chi connectivity index (χ0n) is 9.45. The third-order valence-corrected chi connectivity index (χ3v) is 2.39. The summed E-state index contributed by atoms with van der Waals surface area (Å²) >= 11 is 0. The summed E-state index contributed by atoms with van der Waals surface area (Å²) in [5, 5.41) is 2.99. The van der Waals surface area contributed by atoms with Crippen molar-refractivity contribution in [3.05, 3.63) is 53.6 Å². The molecular formula is C12H13F2N3. The van der Waals surface area contributed by atoms with E-state index in [1.54, 1.807) is 12.4 Å². The van der Waals surface area contributed by atoms with E-state index in [-0.39, 0.29) is 0 Å². The standard InChI is InChI=1S/C12H13F2N3/c1-15-5-10-7-17(8-16-10)6-9-2-3-11(13)12(14)4-9/h2-4,7-8,15H,5-6H2,1H3. The van der Waals surface area contributed by atoms with Gasteiger partial charge in [0, 0.05) is 19.3 Å². The molecule has 0 radical (unpaired) electrons. The maximum Gasteiger partial charge on any atom is 0.159 e. The number of hydrogen-bond acceptors (Lipinski definition) is 2. The zero-order valence-corrected chi connectivity index (χ0v) is 9.45. The molecule has 1 aromatic carbocycles. The molecule has 0 atom stereocenters. The predicted molar refractivity (Wildman–Crippen MR) is 60.5 cm³/mol. The van der Waals surface area contributed by atoms with Gasteiger partial charge in [-0.3, -0.25) is 0 Å². The monoisotopic (exact) mass is 237 g/mol. The summed E-state index contributed by atoms with van der Waals surface area (Å²) in [7, 11) is 1.84. The summed E-state index contributed by atoms with van der Waals surface area (Å²) < 4.78 is 27.6. The van der Waals surface area contributed by atoms with Crippen molar-refractivity contribution in [3.8, 4) is 0 Å². The Kier molecular flexibility index (Phi) is 3.49. The van der Waals surface area contributed by atoms with Gasteiger partial charge in [-0.05, 0) is 24.7 Å². The summed E-state index contributed by atoms with van der Waals surface area (Å²) in [4.78, 5) is 4.17. The second-order valence-electron chi connectivity index (χ2n) is 3.82. The Bertz CT molecular complexity index is 508. The Morgan fingerprint density at radius 2 is 2.12 bits per heavy atom. The summed E-state index contributed by atoms with van der Waals surface area (Å²) in [5.74, 6) is -1.65. The van der Waals surface area contributed by atoms with Gasteiger partial charge in [0.25, 0.3) is 0 Å². The smallest absolute Gasteiger partial charge is 0.159 e. The molecule has 1 aromatic heterocycles. The fourth-order valence-corrected chi connectivity index (χ4v) is 1.61. The van der Waals surface area contributed by atoms with Gasteiger partial charge in [-0.1, -0.05) is 6.07 Å². The van der Waals surface area contributed by atoms with Gasteiger partial charge in [-0.25, -0.2) is 13.8 Å². The number of rotatable bonds is 4. The normalized spacial score (nSPS) is 10.8. The van der Waals surface area contributed by atoms with Crippen molar-refractivity contribution in [2.75, 3.05) is 7.05 Å². The van der Waals surface area contributed by atoms with Crippen LogP contribution in [0, 0.1) is 11.6 Å². The number of benzene rings is 1. The van der Waals surface area contributed by atoms with Crippen molar-refractivity contribution < 1.29 is 8.78 Å². The van der Waals surface area contributed by atoms with Crippen LogP contribution in [0.4, 0.5) is 8.78 Å². The molecule has 0 saturated carbocycles. The summed E-state index contributed by atoms with van der Waals surface area (Å²) in [5.41, 5.74) is 1.62. The van der Waals surface area contributed by atoms with Crippen molar-refractivity contribution >= 4 is 0 Å². The van der Waals surface area contributed by atoms with Crippen molar-refractivity contribution in [2.45, 2.75) is 13.1 Å². The van der Waals surface area contributed by atoms with Crippen molar-refractivity contribution in [1.82, 2.24) is 14.9 Å². The van der Waals surface area contributed by atoms with Crippen LogP contribution in [0.1, 0.15) is 11.3 Å². The Morgan fingerprint density at radius 3 is 2.82 bits per heavy atom. The molecule has 3 nitrogen and oxygen atoms in total. The average Bonchev–Trinajstić information content (AvgIpc) is 2.72. The summed E-state index contributed by atoms with van der Waals surface area (Å²) in [6, 6.07) is 3.90. The minimum Gasteiger partial charge on any atom is -0.333 e. The number of hydrogen-bond donors (Lipinski definition) is 1. The predicted octanol–water partition coefficient (Wildman–Crippen LogP) is 1.93. The molecule has 2 rings (SSSR count). The quantitative estimate of drug-likeness (QED) is 0.880. The topological polar surface area (TPSA) is 29.9 Å². The van der Waals surface area contributed by atoms with Crippen LogP contribution >= 0.6 is 0 Å². The molecule has 0 spiro atoms. The summed E-state index contributed by atoms with van der Waals surface area (Å²) in [6.45, 7) is 1.17. The fourth-order valence-electron chi connectivity index (χ4n) is 1.61. The second-order valence-corrected chi connectivity index (χ2v) is 3.82. The molecule has 5 heteroatoms. The molecule has 0 bridgehead atoms. The van der Waals surface area contributed by atoms with Crippen molar-refractivity contribution in [3.63, 3.8) is 0 Å². The van der Waals surface area contributed by atoms with Crippen molar-refractivity contribution in [1.29, 1.82) is 0 Å². The number of nitrogens with one attached hydrogen (secondary N) is 1. The van der Waals surface area contributed by atoms with E-state index in [4.69, 9.17) is 0 Å². The van der Waals surface area contributed by atoms with Crippen LogP contribution in [0.25, 0.3) is 0 Å². The Balaban J connectivity index is 2.11. The third kappa shape index (κ3) is 2.88. The lowest BCUT2D eigenvalue weighted by molar-refractivity contribution is 0.506. The minimum atomic E-state index is -0.824. The van der Waals surface area contributed by atoms with Gasteiger partial charge in [0.1, 0.15) is 0 Å². The molecule has 0 aliphatic carbocycles. The molecule has 1 N–H and O–H groups in total. The Hall–Kier alpha value is -1.75. The third-order valence-electron chi connectivity index (χ3n) is 2.39. The lowest BCUT2D eigenvalue weighted by atomic mass is 10.2. The van der Waals surface area contributed by atoms with E-state index in [9.17, 15) is 8.78 Å². The number of nitrogens with zero attached hydrogens (tertiary/aromatic N) is 2. The highest BCUT2D eigenvalue weighted by atomic mass is 19.2. The van der Waals surface area contributed by atoms with E-state index in [1.807, 2.05) is 17.8 Å². The zero-order chi connectivity index (χ0) is 12.3. The molecule has 90 valence electrons. The van der Waals surface area contributed by atoms with Gasteiger partial charge in [0.15, 0.2) is 11.6 Å². The van der Waals surface area contributed by atoms with Crippen LogP contribution in [0.3, 0.4) is 0 Å². The minimum absolute atomic E-state index is 0.480. The molecule has 0 unspecified atom stereocenters. The lowest BCUT2D eigenvalue weighted by Gasteiger charge is -2.02. The van der Waals surface area contributed by atoms with Gasteiger partial charge in [0.05, 0.1) is 12.0 Å². The molecule has 17 heavy (non-hydrogen) atoms. The molecule has 0 fully saturated rings. The molecule has 0 aliphatic rings. The average molecular weight is 237 g/mol. The highest BCUT2D eigenvalue weighted by Crippen LogP contribution is 2.10. The van der Waals surface area contributed by atoms with Crippen LogP contribution in [0.15, 0.2) is 30.7 Å². The van der Waals surface area contributed by atoms with E-state index < -0.39 is 11.6 Å². The van der Waals surface area contributed by atoms with E-state index in [1.165, 1.54) is 6.07 Å². The first-order chi connectivity index (χ1) is 8.19. The largest absolute Gasteiger partial charge is 0.333 e. The first kappa shape index (κ1) is 11.7. The number of imidazole rings is 1. The maximum atomic E-state index is 13.0. The summed E-state index contributed by atoms with van der Waals surface area (Å²) in [6.07, 6.45) is 3.55. The van der Waals surface area contributed by atoms with Gasteiger partial charge < -0.3 is 9.88 Å². The van der Waals surface area contributed by atoms with Crippen LogP contribution in [0.2, 0.25) is 0 Å². The first-order valence-corrected chi connectivity index (χ1v) is 5.28. The van der Waals surface area contributed by atoms with Gasteiger partial charge >= 0.3 is 0 Å². The fraction of sp³-hybridized carbons (Fsp3) is 0.250. The lowest BCUT2D eigenvalue weighted by Crippen LogP contribution is -2.05. The highest BCUT2D eigenvalue weighted by Gasteiger charge is 2.03. The van der Waals surface area contributed by atoms with E-state index in [0.717, 1.165) is 11.8 Å². The van der Waals surface area contributed by atoms with Crippen LogP contribution < -0.4 is 5.32 Å². The van der Waals surface area contributed by atoms with Gasteiger partial charge in [0.2, 0.25) is 0 Å². The maximum absolute atomic E-state index is 13.0. The van der Waals surface area contributed by atoms with Crippen LogP contribution in [0.5, 0.6) is 0 Å². The molecule has 2 aromatic rings. The second kappa shape index (κ2) is 5.05. The molecule has 0 saturated heterocycles. The highest BCUT2D eigenvalue weighted by molar-refractivity contribution is 5.18. The number of halogens is 2. The Morgan fingerprint density at radius 1 is 1.29 bits per heavy atom. The van der Waals surface area contributed by atoms with Crippen molar-refractivity contribution in [2.24, 2.45) is 0 Å². The van der Waals surface area contributed by atoms with Gasteiger partial charge in [-0.15, -0.1) is 0 Å². The van der Waals surface area contributed by atoms with E-state index >= 15 is 0 Å². The van der Waals surface area contributed by atoms with E-state index in [0.29, 0.717) is 18.7 Å². The SMILES string of the molecule is CNCc1cn(Cc2ccc(F)c(F)c2)cn1.